The predicted molar refractivity (Wildman–Crippen MR) is 122 cm³/mol. The van der Waals surface area contributed by atoms with Crippen LogP contribution < -0.4 is 10.6 Å². The molecule has 4 aromatic heterocycles. The molecule has 0 unspecified atom stereocenters. The number of anilines is 2. The minimum absolute atomic E-state index is 0.194. The molecule has 4 heterocycles. The molecule has 1 atom stereocenters. The van der Waals surface area contributed by atoms with Crippen LogP contribution in [0, 0.1) is 13.8 Å². The number of hydrogen-bond donors (Lipinski definition) is 2. The van der Waals surface area contributed by atoms with E-state index in [0.29, 0.717) is 5.95 Å². The van der Waals surface area contributed by atoms with Crippen molar-refractivity contribution in [3.63, 3.8) is 0 Å². The van der Waals surface area contributed by atoms with E-state index in [0.717, 1.165) is 33.9 Å². The summed E-state index contributed by atoms with van der Waals surface area (Å²) >= 11 is 3.21. The standard InChI is InChI=1S/C22H22N4O2S2/c1-4-16-11-17(21(30-16)26-20(27)18-6-5-8-28-18)19(15-7-9-29-12-15)25-22-23-13(2)10-14(3)24-22/h5-12,19H,4H2,1-3H3,(H,26,27)(H,23,24,25)/t19-/m1/s1. The van der Waals surface area contributed by atoms with E-state index in [-0.39, 0.29) is 17.7 Å². The summed E-state index contributed by atoms with van der Waals surface area (Å²) in [5.41, 5.74) is 3.88. The number of carbonyl (C=O) groups excluding carboxylic acids is 1. The maximum absolute atomic E-state index is 12.6. The van der Waals surface area contributed by atoms with Gasteiger partial charge in [-0.15, -0.1) is 11.3 Å². The number of hydrogen-bond acceptors (Lipinski definition) is 7. The molecule has 0 saturated carbocycles. The van der Waals surface area contributed by atoms with E-state index in [4.69, 9.17) is 4.42 Å². The first-order chi connectivity index (χ1) is 14.5. The smallest absolute Gasteiger partial charge is 0.291 e. The molecule has 30 heavy (non-hydrogen) atoms. The summed E-state index contributed by atoms with van der Waals surface area (Å²) in [6.45, 7) is 6.01. The molecule has 0 aliphatic heterocycles. The average Bonchev–Trinajstić information content (AvgIpc) is 3.46. The molecule has 2 N–H and O–H groups in total. The predicted octanol–water partition coefficient (Wildman–Crippen LogP) is 5.83. The molecule has 0 aliphatic rings. The highest BCUT2D eigenvalue weighted by atomic mass is 32.1. The van der Waals surface area contributed by atoms with Crippen molar-refractivity contribution in [1.82, 2.24) is 9.97 Å². The minimum Gasteiger partial charge on any atom is -0.459 e. The van der Waals surface area contributed by atoms with E-state index in [2.05, 4.69) is 45.0 Å². The number of thiophene rings is 2. The summed E-state index contributed by atoms with van der Waals surface area (Å²) in [6, 6.07) is 9.32. The van der Waals surface area contributed by atoms with Crippen LogP contribution in [-0.4, -0.2) is 15.9 Å². The molecule has 0 fully saturated rings. The summed E-state index contributed by atoms with van der Waals surface area (Å²) < 4.78 is 5.25. The molecule has 0 radical (unpaired) electrons. The van der Waals surface area contributed by atoms with Crippen molar-refractivity contribution in [3.05, 3.63) is 80.5 Å². The zero-order valence-electron chi connectivity index (χ0n) is 16.9. The van der Waals surface area contributed by atoms with Crippen LogP contribution in [0.15, 0.2) is 51.8 Å². The second-order valence-corrected chi connectivity index (χ2v) is 8.81. The van der Waals surface area contributed by atoms with Crippen molar-refractivity contribution in [1.29, 1.82) is 0 Å². The summed E-state index contributed by atoms with van der Waals surface area (Å²) in [5.74, 6) is 0.582. The SMILES string of the molecule is CCc1cc([C@H](Nc2nc(C)cc(C)n2)c2ccsc2)c(NC(=O)c2ccco2)s1. The molecule has 0 aliphatic carbocycles. The first-order valence-corrected chi connectivity index (χ1v) is 11.4. The third-order valence-corrected chi connectivity index (χ3v) is 6.49. The van der Waals surface area contributed by atoms with Gasteiger partial charge in [0.05, 0.1) is 12.3 Å². The number of amides is 1. The highest BCUT2D eigenvalue weighted by molar-refractivity contribution is 7.16. The molecule has 154 valence electrons. The van der Waals surface area contributed by atoms with Crippen LogP contribution >= 0.6 is 22.7 Å². The fraction of sp³-hybridized carbons (Fsp3) is 0.227. The first-order valence-electron chi connectivity index (χ1n) is 9.62. The average molecular weight is 439 g/mol. The molecular formula is C22H22N4O2S2. The van der Waals surface area contributed by atoms with Gasteiger partial charge in [0.1, 0.15) is 5.00 Å². The Morgan fingerprint density at radius 2 is 2.00 bits per heavy atom. The molecule has 0 spiro atoms. The fourth-order valence-electron chi connectivity index (χ4n) is 3.22. The fourth-order valence-corrected chi connectivity index (χ4v) is 4.93. The van der Waals surface area contributed by atoms with Gasteiger partial charge in [0, 0.05) is 21.8 Å². The molecule has 0 aromatic carbocycles. The van der Waals surface area contributed by atoms with E-state index >= 15 is 0 Å². The van der Waals surface area contributed by atoms with Crippen LogP contribution in [0.5, 0.6) is 0 Å². The highest BCUT2D eigenvalue weighted by Gasteiger charge is 2.24. The number of furan rings is 1. The maximum Gasteiger partial charge on any atom is 0.291 e. The molecule has 4 aromatic rings. The molecule has 0 saturated heterocycles. The van der Waals surface area contributed by atoms with Crippen molar-refractivity contribution < 1.29 is 9.21 Å². The second kappa shape index (κ2) is 8.81. The number of carbonyl (C=O) groups is 1. The van der Waals surface area contributed by atoms with Crippen molar-refractivity contribution >= 4 is 39.5 Å². The number of aromatic nitrogens is 2. The Hall–Kier alpha value is -2.97. The largest absolute Gasteiger partial charge is 0.459 e. The van der Waals surface area contributed by atoms with Gasteiger partial charge in [-0.25, -0.2) is 9.97 Å². The van der Waals surface area contributed by atoms with Crippen molar-refractivity contribution in [2.45, 2.75) is 33.2 Å². The van der Waals surface area contributed by atoms with Gasteiger partial charge in [-0.1, -0.05) is 6.92 Å². The Kier molecular flexibility index (Phi) is 5.96. The van der Waals surface area contributed by atoms with Gasteiger partial charge in [0.15, 0.2) is 5.76 Å². The number of nitrogens with zero attached hydrogens (tertiary/aromatic N) is 2. The molecule has 4 rings (SSSR count). The molecule has 1 amide bonds. The lowest BCUT2D eigenvalue weighted by Gasteiger charge is -2.19. The molecular weight excluding hydrogens is 416 g/mol. The number of rotatable bonds is 7. The van der Waals surface area contributed by atoms with Crippen molar-refractivity contribution in [2.24, 2.45) is 0 Å². The van der Waals surface area contributed by atoms with E-state index in [1.807, 2.05) is 25.3 Å². The molecule has 6 nitrogen and oxygen atoms in total. The van der Waals surface area contributed by atoms with Gasteiger partial charge in [0.25, 0.3) is 5.91 Å². The van der Waals surface area contributed by atoms with Gasteiger partial charge < -0.3 is 15.1 Å². The first kappa shape index (κ1) is 20.3. The number of nitrogens with one attached hydrogen (secondary N) is 2. The van der Waals surface area contributed by atoms with Gasteiger partial charge in [-0.2, -0.15) is 11.3 Å². The van der Waals surface area contributed by atoms with Crippen LogP contribution in [0.3, 0.4) is 0 Å². The van der Waals surface area contributed by atoms with Crippen molar-refractivity contribution in [2.75, 3.05) is 10.6 Å². The van der Waals surface area contributed by atoms with Gasteiger partial charge in [-0.05, 0) is 66.9 Å². The maximum atomic E-state index is 12.6. The third-order valence-electron chi connectivity index (χ3n) is 4.58. The van der Waals surface area contributed by atoms with Gasteiger partial charge in [-0.3, -0.25) is 4.79 Å². The Morgan fingerprint density at radius 1 is 1.20 bits per heavy atom. The minimum atomic E-state index is -0.266. The van der Waals surface area contributed by atoms with Crippen LogP contribution in [0.25, 0.3) is 0 Å². The van der Waals surface area contributed by atoms with E-state index in [1.54, 1.807) is 34.8 Å². The van der Waals surface area contributed by atoms with Crippen molar-refractivity contribution in [3.8, 4) is 0 Å². The van der Waals surface area contributed by atoms with Crippen LogP contribution in [-0.2, 0) is 6.42 Å². The monoisotopic (exact) mass is 438 g/mol. The zero-order valence-corrected chi connectivity index (χ0v) is 18.6. The lowest BCUT2D eigenvalue weighted by Crippen LogP contribution is -2.17. The Bertz CT molecular complexity index is 1110. The highest BCUT2D eigenvalue weighted by Crippen LogP contribution is 2.38. The van der Waals surface area contributed by atoms with Crippen LogP contribution in [0.1, 0.15) is 50.9 Å². The molecule has 8 heteroatoms. The Morgan fingerprint density at radius 3 is 2.63 bits per heavy atom. The molecule has 0 bridgehead atoms. The quantitative estimate of drug-likeness (QED) is 0.380. The zero-order chi connectivity index (χ0) is 21.1. The third kappa shape index (κ3) is 4.44. The summed E-state index contributed by atoms with van der Waals surface area (Å²) in [4.78, 5) is 22.9. The summed E-state index contributed by atoms with van der Waals surface area (Å²) in [5, 5.41) is 11.4. The lowest BCUT2D eigenvalue weighted by molar-refractivity contribution is 0.0997. The number of aryl methyl sites for hydroxylation is 3. The van der Waals surface area contributed by atoms with E-state index in [1.165, 1.54) is 11.1 Å². The summed E-state index contributed by atoms with van der Waals surface area (Å²) in [6.07, 6.45) is 2.37. The van der Waals surface area contributed by atoms with Gasteiger partial charge >= 0.3 is 0 Å². The van der Waals surface area contributed by atoms with E-state index < -0.39 is 0 Å². The second-order valence-electron chi connectivity index (χ2n) is 6.89. The Labute approximate surface area is 183 Å². The van der Waals surface area contributed by atoms with Crippen LogP contribution in [0.4, 0.5) is 10.9 Å². The normalized spacial score (nSPS) is 12.0. The van der Waals surface area contributed by atoms with Gasteiger partial charge in [0.2, 0.25) is 5.95 Å². The van der Waals surface area contributed by atoms with Crippen LogP contribution in [0.2, 0.25) is 0 Å². The Balaban J connectivity index is 1.73. The lowest BCUT2D eigenvalue weighted by atomic mass is 10.0. The topological polar surface area (TPSA) is 80.0 Å². The van der Waals surface area contributed by atoms with E-state index in [9.17, 15) is 4.79 Å². The summed E-state index contributed by atoms with van der Waals surface area (Å²) in [7, 11) is 0.